The molecule has 0 saturated heterocycles. The molecular formula is C14H22BrNO2. The summed E-state index contributed by atoms with van der Waals surface area (Å²) in [6, 6.07) is 6.16. The minimum Gasteiger partial charge on any atom is -0.490 e. The molecule has 18 heavy (non-hydrogen) atoms. The van der Waals surface area contributed by atoms with Crippen molar-refractivity contribution in [2.45, 2.75) is 26.8 Å². The summed E-state index contributed by atoms with van der Waals surface area (Å²) in [6.07, 6.45) is 1.04. The standard InChI is InChI=1S/C14H22BrNO2/c1-3-7-17-8-9-18-14-6-5-12(10-13(14)15)11-16-4-2/h5-6,10,16H,3-4,7-9,11H2,1-2H3. The highest BCUT2D eigenvalue weighted by Crippen LogP contribution is 2.25. The van der Waals surface area contributed by atoms with Crippen molar-refractivity contribution in [2.75, 3.05) is 26.4 Å². The first kappa shape index (κ1) is 15.5. The summed E-state index contributed by atoms with van der Waals surface area (Å²) in [7, 11) is 0. The van der Waals surface area contributed by atoms with E-state index in [1.165, 1.54) is 5.56 Å². The molecule has 0 aliphatic carbocycles. The average molecular weight is 316 g/mol. The lowest BCUT2D eigenvalue weighted by Gasteiger charge is -2.10. The van der Waals surface area contributed by atoms with E-state index in [4.69, 9.17) is 9.47 Å². The predicted molar refractivity (Wildman–Crippen MR) is 78.1 cm³/mol. The average Bonchev–Trinajstić information content (AvgIpc) is 2.38. The van der Waals surface area contributed by atoms with Gasteiger partial charge >= 0.3 is 0 Å². The van der Waals surface area contributed by atoms with E-state index in [1.54, 1.807) is 0 Å². The molecule has 0 aliphatic heterocycles. The van der Waals surface area contributed by atoms with Crippen molar-refractivity contribution in [3.05, 3.63) is 28.2 Å². The van der Waals surface area contributed by atoms with Crippen LogP contribution in [0.15, 0.2) is 22.7 Å². The first-order valence-corrected chi connectivity index (χ1v) is 7.27. The third-order valence-corrected chi connectivity index (χ3v) is 3.03. The topological polar surface area (TPSA) is 30.5 Å². The van der Waals surface area contributed by atoms with Crippen LogP contribution in [0.5, 0.6) is 5.75 Å². The molecule has 0 amide bonds. The fourth-order valence-electron chi connectivity index (χ4n) is 1.50. The second-order valence-corrected chi connectivity index (χ2v) is 4.86. The maximum absolute atomic E-state index is 5.65. The molecule has 4 heteroatoms. The van der Waals surface area contributed by atoms with Crippen LogP contribution in [0.1, 0.15) is 25.8 Å². The normalized spacial score (nSPS) is 10.6. The Morgan fingerprint density at radius 3 is 2.67 bits per heavy atom. The van der Waals surface area contributed by atoms with Crippen LogP contribution in [0.25, 0.3) is 0 Å². The van der Waals surface area contributed by atoms with E-state index in [0.717, 1.165) is 36.3 Å². The van der Waals surface area contributed by atoms with Crippen molar-refractivity contribution < 1.29 is 9.47 Å². The molecule has 1 aromatic carbocycles. The lowest BCUT2D eigenvalue weighted by molar-refractivity contribution is 0.100. The van der Waals surface area contributed by atoms with Crippen LogP contribution < -0.4 is 10.1 Å². The van der Waals surface area contributed by atoms with Gasteiger partial charge in [0.15, 0.2) is 0 Å². The van der Waals surface area contributed by atoms with E-state index >= 15 is 0 Å². The van der Waals surface area contributed by atoms with Gasteiger partial charge in [-0.05, 0) is 46.6 Å². The number of benzene rings is 1. The molecule has 3 nitrogen and oxygen atoms in total. The number of nitrogens with one attached hydrogen (secondary N) is 1. The van der Waals surface area contributed by atoms with Crippen LogP contribution in [0.2, 0.25) is 0 Å². The molecule has 0 radical (unpaired) electrons. The quantitative estimate of drug-likeness (QED) is 0.709. The van der Waals surface area contributed by atoms with Gasteiger partial charge in [-0.3, -0.25) is 0 Å². The molecule has 0 atom stereocenters. The number of rotatable bonds is 9. The Morgan fingerprint density at radius 2 is 2.00 bits per heavy atom. The van der Waals surface area contributed by atoms with Crippen LogP contribution >= 0.6 is 15.9 Å². The SMILES string of the molecule is CCCOCCOc1ccc(CNCC)cc1Br. The van der Waals surface area contributed by atoms with Gasteiger partial charge in [-0.25, -0.2) is 0 Å². The van der Waals surface area contributed by atoms with E-state index in [1.807, 2.05) is 6.07 Å². The first-order valence-electron chi connectivity index (χ1n) is 6.47. The van der Waals surface area contributed by atoms with Gasteiger partial charge in [0, 0.05) is 13.2 Å². The molecule has 1 rings (SSSR count). The van der Waals surface area contributed by atoms with E-state index in [0.29, 0.717) is 13.2 Å². The molecule has 0 spiro atoms. The Hall–Kier alpha value is -0.580. The summed E-state index contributed by atoms with van der Waals surface area (Å²) in [5.74, 6) is 0.871. The largest absolute Gasteiger partial charge is 0.490 e. The van der Waals surface area contributed by atoms with Gasteiger partial charge in [-0.2, -0.15) is 0 Å². The molecule has 0 fully saturated rings. The summed E-state index contributed by atoms with van der Waals surface area (Å²) < 4.78 is 12.0. The van der Waals surface area contributed by atoms with E-state index in [2.05, 4.69) is 47.2 Å². The zero-order valence-corrected chi connectivity index (χ0v) is 12.8. The lowest BCUT2D eigenvalue weighted by atomic mass is 10.2. The molecule has 1 aromatic rings. The minimum atomic E-state index is 0.588. The highest BCUT2D eigenvalue weighted by molar-refractivity contribution is 9.10. The molecule has 0 bridgehead atoms. The van der Waals surface area contributed by atoms with E-state index < -0.39 is 0 Å². The molecule has 0 aliphatic rings. The van der Waals surface area contributed by atoms with Gasteiger partial charge in [0.2, 0.25) is 0 Å². The number of hydrogen-bond donors (Lipinski definition) is 1. The molecule has 0 saturated carbocycles. The fourth-order valence-corrected chi connectivity index (χ4v) is 2.04. The van der Waals surface area contributed by atoms with Crippen LogP contribution in [-0.2, 0) is 11.3 Å². The Bertz CT molecular complexity index is 345. The Morgan fingerprint density at radius 1 is 1.17 bits per heavy atom. The summed E-state index contributed by atoms with van der Waals surface area (Å²) in [5.41, 5.74) is 1.25. The molecular weight excluding hydrogens is 294 g/mol. The van der Waals surface area contributed by atoms with Gasteiger partial charge < -0.3 is 14.8 Å². The monoisotopic (exact) mass is 315 g/mol. The second-order valence-electron chi connectivity index (χ2n) is 4.01. The zero-order valence-electron chi connectivity index (χ0n) is 11.2. The highest BCUT2D eigenvalue weighted by Gasteiger charge is 2.02. The third-order valence-electron chi connectivity index (χ3n) is 2.41. The van der Waals surface area contributed by atoms with Crippen molar-refractivity contribution in [3.8, 4) is 5.75 Å². The van der Waals surface area contributed by atoms with Crippen molar-refractivity contribution in [3.63, 3.8) is 0 Å². The summed E-state index contributed by atoms with van der Waals surface area (Å²) >= 11 is 3.53. The minimum absolute atomic E-state index is 0.588. The maximum Gasteiger partial charge on any atom is 0.133 e. The molecule has 1 N–H and O–H groups in total. The lowest BCUT2D eigenvalue weighted by Crippen LogP contribution is -2.12. The smallest absolute Gasteiger partial charge is 0.133 e. The van der Waals surface area contributed by atoms with Gasteiger partial charge in [0.1, 0.15) is 12.4 Å². The van der Waals surface area contributed by atoms with E-state index in [-0.39, 0.29) is 0 Å². The van der Waals surface area contributed by atoms with Gasteiger partial charge in [-0.15, -0.1) is 0 Å². The van der Waals surface area contributed by atoms with Crippen molar-refractivity contribution in [1.82, 2.24) is 5.32 Å². The van der Waals surface area contributed by atoms with Crippen LogP contribution in [0.4, 0.5) is 0 Å². The van der Waals surface area contributed by atoms with Crippen molar-refractivity contribution >= 4 is 15.9 Å². The highest BCUT2D eigenvalue weighted by atomic mass is 79.9. The van der Waals surface area contributed by atoms with E-state index in [9.17, 15) is 0 Å². The van der Waals surface area contributed by atoms with Crippen LogP contribution in [-0.4, -0.2) is 26.4 Å². The maximum atomic E-state index is 5.65. The fraction of sp³-hybridized carbons (Fsp3) is 0.571. The Labute approximate surface area is 118 Å². The first-order chi connectivity index (χ1) is 8.77. The second kappa shape index (κ2) is 9.36. The zero-order chi connectivity index (χ0) is 13.2. The number of halogens is 1. The Kier molecular flexibility index (Phi) is 8.05. The molecule has 102 valence electrons. The van der Waals surface area contributed by atoms with Crippen molar-refractivity contribution in [1.29, 1.82) is 0 Å². The van der Waals surface area contributed by atoms with Gasteiger partial charge in [0.25, 0.3) is 0 Å². The summed E-state index contributed by atoms with van der Waals surface area (Å²) in [5, 5.41) is 3.30. The van der Waals surface area contributed by atoms with Gasteiger partial charge in [0.05, 0.1) is 11.1 Å². The Balaban J connectivity index is 2.37. The van der Waals surface area contributed by atoms with Crippen LogP contribution in [0, 0.1) is 0 Å². The van der Waals surface area contributed by atoms with Gasteiger partial charge in [-0.1, -0.05) is 19.9 Å². The molecule has 0 unspecified atom stereocenters. The molecule has 0 aromatic heterocycles. The number of ether oxygens (including phenoxy) is 2. The van der Waals surface area contributed by atoms with Crippen molar-refractivity contribution in [2.24, 2.45) is 0 Å². The van der Waals surface area contributed by atoms with Crippen LogP contribution in [0.3, 0.4) is 0 Å². The summed E-state index contributed by atoms with van der Waals surface area (Å²) in [6.45, 7) is 8.08. The predicted octanol–water partition coefficient (Wildman–Crippen LogP) is 3.36. The third kappa shape index (κ3) is 5.85. The number of hydrogen-bond acceptors (Lipinski definition) is 3. The summed E-state index contributed by atoms with van der Waals surface area (Å²) in [4.78, 5) is 0. The molecule has 0 heterocycles.